The lowest BCUT2D eigenvalue weighted by molar-refractivity contribution is -0.384. The average Bonchev–Trinajstić information content (AvgIpc) is 2.39. The molecule has 2 aromatic rings. The van der Waals surface area contributed by atoms with Gasteiger partial charge < -0.3 is 4.74 Å². The normalized spacial score (nSPS) is 9.85. The Morgan fingerprint density at radius 3 is 2.50 bits per heavy atom. The minimum absolute atomic E-state index is 0.0763. The van der Waals surface area contributed by atoms with E-state index in [4.69, 9.17) is 16.3 Å². The lowest BCUT2D eigenvalue weighted by atomic mass is 10.3. The summed E-state index contributed by atoms with van der Waals surface area (Å²) in [6.45, 7) is 0. The van der Waals surface area contributed by atoms with E-state index in [0.717, 1.165) is 0 Å². The van der Waals surface area contributed by atoms with Crippen LogP contribution in [-0.4, -0.2) is 11.0 Å². The summed E-state index contributed by atoms with van der Waals surface area (Å²) in [6.07, 6.45) is -0.707. The molecule has 0 heterocycles. The van der Waals surface area contributed by atoms with Gasteiger partial charge in [-0.1, -0.05) is 17.7 Å². The number of halogens is 1. The molecule has 1 amide bonds. The van der Waals surface area contributed by atoms with E-state index in [0.29, 0.717) is 10.7 Å². The van der Waals surface area contributed by atoms with Crippen molar-refractivity contribution in [1.82, 2.24) is 0 Å². The number of nitro groups is 1. The zero-order valence-electron chi connectivity index (χ0n) is 10.1. The Kier molecular flexibility index (Phi) is 4.17. The van der Waals surface area contributed by atoms with Crippen LogP contribution in [0.5, 0.6) is 5.75 Å². The first kappa shape index (κ1) is 13.8. The van der Waals surface area contributed by atoms with Crippen molar-refractivity contribution in [1.29, 1.82) is 0 Å². The van der Waals surface area contributed by atoms with E-state index in [9.17, 15) is 14.9 Å². The van der Waals surface area contributed by atoms with E-state index >= 15 is 0 Å². The first-order chi connectivity index (χ1) is 9.54. The monoisotopic (exact) mass is 292 g/mol. The number of hydrogen-bond donors (Lipinski definition) is 1. The topological polar surface area (TPSA) is 81.5 Å². The first-order valence-electron chi connectivity index (χ1n) is 5.53. The van der Waals surface area contributed by atoms with Crippen LogP contribution in [0, 0.1) is 10.1 Å². The summed E-state index contributed by atoms with van der Waals surface area (Å²) in [5, 5.41) is 13.5. The third-order valence-electron chi connectivity index (χ3n) is 2.33. The van der Waals surface area contributed by atoms with Gasteiger partial charge in [0.15, 0.2) is 0 Å². The van der Waals surface area contributed by atoms with Crippen molar-refractivity contribution in [2.75, 3.05) is 5.32 Å². The first-order valence-corrected chi connectivity index (χ1v) is 5.91. The smallest absolute Gasteiger partial charge is 0.410 e. The number of hydrogen-bond acceptors (Lipinski definition) is 4. The van der Waals surface area contributed by atoms with Crippen molar-refractivity contribution >= 4 is 29.1 Å². The van der Waals surface area contributed by atoms with Gasteiger partial charge in [0.05, 0.1) is 4.92 Å². The summed E-state index contributed by atoms with van der Waals surface area (Å²) in [4.78, 5) is 21.6. The minimum Gasteiger partial charge on any atom is -0.410 e. The second kappa shape index (κ2) is 6.03. The molecule has 6 nitrogen and oxygen atoms in total. The molecule has 2 aromatic carbocycles. The van der Waals surface area contributed by atoms with Gasteiger partial charge in [0.1, 0.15) is 5.75 Å². The molecule has 0 radical (unpaired) electrons. The molecule has 20 heavy (non-hydrogen) atoms. The lowest BCUT2D eigenvalue weighted by Crippen LogP contribution is -2.16. The second-order valence-electron chi connectivity index (χ2n) is 3.78. The summed E-state index contributed by atoms with van der Waals surface area (Å²) in [5.74, 6) is 0.204. The molecule has 0 atom stereocenters. The van der Waals surface area contributed by atoms with Gasteiger partial charge in [0.2, 0.25) is 0 Å². The molecule has 0 bridgehead atoms. The lowest BCUT2D eigenvalue weighted by Gasteiger charge is -2.06. The van der Waals surface area contributed by atoms with Gasteiger partial charge in [0, 0.05) is 22.8 Å². The molecule has 2 rings (SSSR count). The Morgan fingerprint density at radius 1 is 1.20 bits per heavy atom. The number of carbonyl (C=O) groups is 1. The number of nitro benzene ring substituents is 1. The number of benzene rings is 2. The molecule has 0 aliphatic rings. The Labute approximate surface area is 119 Å². The molecule has 102 valence electrons. The Morgan fingerprint density at radius 2 is 1.90 bits per heavy atom. The Bertz CT molecular complexity index is 643. The molecule has 1 N–H and O–H groups in total. The summed E-state index contributed by atoms with van der Waals surface area (Å²) >= 11 is 5.78. The van der Waals surface area contributed by atoms with Crippen molar-refractivity contribution in [2.45, 2.75) is 0 Å². The van der Waals surface area contributed by atoms with E-state index in [2.05, 4.69) is 5.32 Å². The maximum atomic E-state index is 11.6. The number of nitrogens with zero attached hydrogens (tertiary/aromatic N) is 1. The molecule has 0 unspecified atom stereocenters. The zero-order chi connectivity index (χ0) is 14.5. The highest BCUT2D eigenvalue weighted by molar-refractivity contribution is 6.30. The van der Waals surface area contributed by atoms with Crippen LogP contribution in [0.1, 0.15) is 0 Å². The van der Waals surface area contributed by atoms with E-state index < -0.39 is 11.0 Å². The molecule has 0 fully saturated rings. The molecule has 7 heteroatoms. The molecular formula is C13H9ClN2O4. The molecule has 0 saturated heterocycles. The molecule has 0 aromatic heterocycles. The quantitative estimate of drug-likeness (QED) is 0.688. The molecular weight excluding hydrogens is 284 g/mol. The van der Waals surface area contributed by atoms with E-state index in [-0.39, 0.29) is 11.4 Å². The maximum Gasteiger partial charge on any atom is 0.417 e. The summed E-state index contributed by atoms with van der Waals surface area (Å²) < 4.78 is 4.98. The van der Waals surface area contributed by atoms with Crippen LogP contribution < -0.4 is 10.1 Å². The standard InChI is InChI=1S/C13H9ClN2O4/c14-9-2-1-3-10(8-9)15-13(17)20-12-6-4-11(5-7-12)16(18)19/h1-8H,(H,15,17). The van der Waals surface area contributed by atoms with Crippen molar-refractivity contribution < 1.29 is 14.5 Å². The number of anilines is 1. The van der Waals surface area contributed by atoms with Gasteiger partial charge in [-0.25, -0.2) is 4.79 Å². The van der Waals surface area contributed by atoms with Crippen molar-refractivity contribution in [3.63, 3.8) is 0 Å². The number of rotatable bonds is 3. The number of ether oxygens (including phenoxy) is 1. The van der Waals surface area contributed by atoms with E-state index in [1.807, 2.05) is 0 Å². The van der Waals surface area contributed by atoms with E-state index in [1.54, 1.807) is 24.3 Å². The number of non-ortho nitro benzene ring substituents is 1. The maximum absolute atomic E-state index is 11.6. The molecule has 0 saturated carbocycles. The van der Waals surface area contributed by atoms with Crippen LogP contribution in [0.15, 0.2) is 48.5 Å². The van der Waals surface area contributed by atoms with Gasteiger partial charge in [-0.3, -0.25) is 15.4 Å². The van der Waals surface area contributed by atoms with Crippen LogP contribution in [0.3, 0.4) is 0 Å². The molecule has 0 spiro atoms. The van der Waals surface area contributed by atoms with Crippen LogP contribution >= 0.6 is 11.6 Å². The fourth-order valence-corrected chi connectivity index (χ4v) is 1.64. The summed E-state index contributed by atoms with van der Waals surface area (Å²) in [5.41, 5.74) is 0.414. The number of carbonyl (C=O) groups excluding carboxylic acids is 1. The van der Waals surface area contributed by atoms with Gasteiger partial charge in [0.25, 0.3) is 5.69 Å². The van der Waals surface area contributed by atoms with Gasteiger partial charge in [-0.05, 0) is 30.3 Å². The van der Waals surface area contributed by atoms with Gasteiger partial charge in [-0.2, -0.15) is 0 Å². The summed E-state index contributed by atoms with van der Waals surface area (Å²) in [6, 6.07) is 11.8. The van der Waals surface area contributed by atoms with Crippen LogP contribution in [-0.2, 0) is 0 Å². The third kappa shape index (κ3) is 3.69. The Hall–Kier alpha value is -2.60. The summed E-state index contributed by atoms with van der Waals surface area (Å²) in [7, 11) is 0. The largest absolute Gasteiger partial charge is 0.417 e. The van der Waals surface area contributed by atoms with Crippen molar-refractivity contribution in [3.05, 3.63) is 63.7 Å². The Balaban J connectivity index is 1.99. The fourth-order valence-electron chi connectivity index (χ4n) is 1.45. The molecule has 0 aliphatic heterocycles. The minimum atomic E-state index is -0.707. The van der Waals surface area contributed by atoms with Crippen molar-refractivity contribution in [3.8, 4) is 5.75 Å². The van der Waals surface area contributed by atoms with Crippen LogP contribution in [0.4, 0.5) is 16.2 Å². The predicted octanol–water partition coefficient (Wildman–Crippen LogP) is 3.86. The average molecular weight is 293 g/mol. The predicted molar refractivity (Wildman–Crippen MR) is 74.2 cm³/mol. The van der Waals surface area contributed by atoms with Crippen LogP contribution in [0.25, 0.3) is 0 Å². The SMILES string of the molecule is O=C(Nc1cccc(Cl)c1)Oc1ccc([N+](=O)[O-])cc1. The third-order valence-corrected chi connectivity index (χ3v) is 2.56. The fraction of sp³-hybridized carbons (Fsp3) is 0. The molecule has 0 aliphatic carbocycles. The number of amides is 1. The highest BCUT2D eigenvalue weighted by atomic mass is 35.5. The van der Waals surface area contributed by atoms with E-state index in [1.165, 1.54) is 24.3 Å². The van der Waals surface area contributed by atoms with Crippen LogP contribution in [0.2, 0.25) is 5.02 Å². The number of nitrogens with one attached hydrogen (secondary N) is 1. The van der Waals surface area contributed by atoms with Crippen molar-refractivity contribution in [2.24, 2.45) is 0 Å². The highest BCUT2D eigenvalue weighted by Crippen LogP contribution is 2.19. The van der Waals surface area contributed by atoms with Gasteiger partial charge >= 0.3 is 6.09 Å². The van der Waals surface area contributed by atoms with Gasteiger partial charge in [-0.15, -0.1) is 0 Å². The second-order valence-corrected chi connectivity index (χ2v) is 4.21. The highest BCUT2D eigenvalue weighted by Gasteiger charge is 2.08. The zero-order valence-corrected chi connectivity index (χ0v) is 10.8.